The van der Waals surface area contributed by atoms with Gasteiger partial charge in [-0.15, -0.1) is 11.3 Å². The van der Waals surface area contributed by atoms with Crippen molar-refractivity contribution in [1.82, 2.24) is 35.1 Å². The zero-order valence-corrected chi connectivity index (χ0v) is 21.8. The molecule has 1 fully saturated rings. The fourth-order valence-electron chi connectivity index (χ4n) is 5.24. The number of fused-ring (bicyclic) bond motifs is 2. The van der Waals surface area contributed by atoms with Gasteiger partial charge in [-0.25, -0.2) is 9.97 Å². The van der Waals surface area contributed by atoms with Crippen molar-refractivity contribution in [2.24, 2.45) is 5.92 Å². The molecule has 0 saturated heterocycles. The molecule has 0 radical (unpaired) electrons. The van der Waals surface area contributed by atoms with Crippen molar-refractivity contribution in [2.45, 2.75) is 32.6 Å². The zero-order chi connectivity index (χ0) is 25.6. The molecule has 8 nitrogen and oxygen atoms in total. The highest BCUT2D eigenvalue weighted by molar-refractivity contribution is 7.15. The summed E-state index contributed by atoms with van der Waals surface area (Å²) < 4.78 is 0. The molecule has 0 bridgehead atoms. The molecule has 9 heteroatoms. The Hall–Kier alpha value is -4.37. The molecule has 188 valence electrons. The van der Waals surface area contributed by atoms with Crippen LogP contribution in [-0.4, -0.2) is 35.1 Å². The molecule has 1 aliphatic carbocycles. The Kier molecular flexibility index (Phi) is 5.51. The van der Waals surface area contributed by atoms with E-state index < -0.39 is 0 Å². The lowest BCUT2D eigenvalue weighted by Gasteiger charge is -2.15. The molecule has 6 aromatic heterocycles. The van der Waals surface area contributed by atoms with Crippen molar-refractivity contribution >= 4 is 39.1 Å². The maximum atomic E-state index is 4.98. The lowest BCUT2D eigenvalue weighted by molar-refractivity contribution is 0.649. The number of aryl methyl sites for hydroxylation is 1. The van der Waals surface area contributed by atoms with Gasteiger partial charge in [0.15, 0.2) is 11.5 Å². The first-order valence-electron chi connectivity index (χ1n) is 12.8. The molecule has 1 aliphatic rings. The van der Waals surface area contributed by atoms with Crippen LogP contribution in [0.1, 0.15) is 30.6 Å². The van der Waals surface area contributed by atoms with Crippen molar-refractivity contribution < 1.29 is 0 Å². The van der Waals surface area contributed by atoms with Gasteiger partial charge in [-0.3, -0.25) is 15.1 Å². The molecule has 0 unspecified atom stereocenters. The summed E-state index contributed by atoms with van der Waals surface area (Å²) in [5, 5.41) is 11.1. The van der Waals surface area contributed by atoms with Crippen LogP contribution < -0.4 is 5.32 Å². The first kappa shape index (κ1) is 22.8. The molecule has 0 aromatic carbocycles. The Morgan fingerprint density at radius 1 is 0.974 bits per heavy atom. The van der Waals surface area contributed by atoms with Gasteiger partial charge >= 0.3 is 0 Å². The molecular weight excluding hydrogens is 492 g/mol. The molecule has 0 atom stereocenters. The van der Waals surface area contributed by atoms with Gasteiger partial charge in [0.25, 0.3) is 0 Å². The number of nitrogens with one attached hydrogen (secondary N) is 3. The minimum Gasteiger partial charge on any atom is -0.358 e. The highest BCUT2D eigenvalue weighted by Crippen LogP contribution is 2.35. The van der Waals surface area contributed by atoms with E-state index in [1.807, 2.05) is 30.7 Å². The van der Waals surface area contributed by atoms with Gasteiger partial charge < -0.3 is 10.3 Å². The first-order chi connectivity index (χ1) is 18.6. The number of H-pyrrole nitrogens is 2. The molecule has 0 amide bonds. The average Bonchev–Trinajstić information content (AvgIpc) is 3.74. The molecule has 3 N–H and O–H groups in total. The second-order valence-electron chi connectivity index (χ2n) is 9.84. The summed E-state index contributed by atoms with van der Waals surface area (Å²) in [6.45, 7) is 6.38. The van der Waals surface area contributed by atoms with Crippen molar-refractivity contribution in [3.05, 3.63) is 72.3 Å². The van der Waals surface area contributed by atoms with Crippen LogP contribution in [0.25, 0.3) is 55.3 Å². The van der Waals surface area contributed by atoms with Crippen LogP contribution in [0.15, 0.2) is 67.4 Å². The van der Waals surface area contributed by atoms with E-state index in [0.717, 1.165) is 55.1 Å². The largest absolute Gasteiger partial charge is 0.358 e. The van der Waals surface area contributed by atoms with Crippen LogP contribution in [-0.2, 0) is 0 Å². The highest BCUT2D eigenvalue weighted by atomic mass is 32.1. The van der Waals surface area contributed by atoms with E-state index in [1.54, 1.807) is 17.5 Å². The fraction of sp³-hybridized carbons (Fsp3) is 0.207. The van der Waals surface area contributed by atoms with Crippen molar-refractivity contribution in [3.63, 3.8) is 0 Å². The Morgan fingerprint density at radius 2 is 1.84 bits per heavy atom. The van der Waals surface area contributed by atoms with E-state index >= 15 is 0 Å². The van der Waals surface area contributed by atoms with E-state index in [-0.39, 0.29) is 0 Å². The number of hydrogen-bond donors (Lipinski definition) is 3. The average molecular weight is 519 g/mol. The van der Waals surface area contributed by atoms with Crippen molar-refractivity contribution in [3.8, 4) is 33.2 Å². The third kappa shape index (κ3) is 4.05. The number of thiophene rings is 1. The summed E-state index contributed by atoms with van der Waals surface area (Å²) in [5.74, 6) is 1.19. The molecule has 0 aliphatic heterocycles. The van der Waals surface area contributed by atoms with Crippen LogP contribution in [0.5, 0.6) is 0 Å². The molecule has 0 spiro atoms. The maximum Gasteiger partial charge on any atom is 0.161 e. The predicted octanol–water partition coefficient (Wildman–Crippen LogP) is 7.11. The SMILES string of the molecule is C=C(Nc1cncc(-c2ccc3[nH]nc(-c4nc5c(-c6ccc(C)s6)cncc5[nH]4)c3n2)c1)C1CCCC1. The molecule has 7 rings (SSSR count). The van der Waals surface area contributed by atoms with E-state index in [0.29, 0.717) is 17.4 Å². The van der Waals surface area contributed by atoms with Crippen LogP contribution in [0, 0.1) is 12.8 Å². The van der Waals surface area contributed by atoms with E-state index in [2.05, 4.69) is 62.2 Å². The molecule has 6 heterocycles. The summed E-state index contributed by atoms with van der Waals surface area (Å²) in [4.78, 5) is 24.6. The minimum absolute atomic E-state index is 0.532. The molecule has 6 aromatic rings. The van der Waals surface area contributed by atoms with Gasteiger partial charge in [0.05, 0.1) is 34.8 Å². The van der Waals surface area contributed by atoms with Gasteiger partial charge in [-0.1, -0.05) is 19.4 Å². The number of nitrogens with zero attached hydrogens (tertiary/aromatic N) is 5. The number of hydrogen-bond acceptors (Lipinski definition) is 7. The van der Waals surface area contributed by atoms with E-state index in [9.17, 15) is 0 Å². The fourth-order valence-corrected chi connectivity index (χ4v) is 6.12. The normalized spacial score (nSPS) is 14.0. The van der Waals surface area contributed by atoms with Crippen molar-refractivity contribution in [2.75, 3.05) is 5.32 Å². The Labute approximate surface area is 223 Å². The lowest BCUT2D eigenvalue weighted by atomic mass is 10.0. The summed E-state index contributed by atoms with van der Waals surface area (Å²) in [5.41, 5.74) is 8.73. The second-order valence-corrected chi connectivity index (χ2v) is 11.1. The number of pyridine rings is 3. The van der Waals surface area contributed by atoms with Gasteiger partial charge in [0.2, 0.25) is 0 Å². The smallest absolute Gasteiger partial charge is 0.161 e. The summed E-state index contributed by atoms with van der Waals surface area (Å²) in [6, 6.07) is 10.3. The minimum atomic E-state index is 0.532. The molecule has 1 saturated carbocycles. The van der Waals surface area contributed by atoms with E-state index in [4.69, 9.17) is 9.97 Å². The summed E-state index contributed by atoms with van der Waals surface area (Å²) in [6.07, 6.45) is 12.3. The quantitative estimate of drug-likeness (QED) is 0.217. The second kappa shape index (κ2) is 9.18. The number of allylic oxidation sites excluding steroid dienone is 1. The predicted molar refractivity (Wildman–Crippen MR) is 153 cm³/mol. The van der Waals surface area contributed by atoms with Gasteiger partial charge in [0, 0.05) is 39.0 Å². The highest BCUT2D eigenvalue weighted by Gasteiger charge is 2.19. The third-order valence-corrected chi connectivity index (χ3v) is 8.25. The Balaban J connectivity index is 1.24. The van der Waals surface area contributed by atoms with Crippen LogP contribution in [0.2, 0.25) is 0 Å². The summed E-state index contributed by atoms with van der Waals surface area (Å²) >= 11 is 1.73. The third-order valence-electron chi connectivity index (χ3n) is 7.22. The van der Waals surface area contributed by atoms with E-state index in [1.165, 1.54) is 30.6 Å². The lowest BCUT2D eigenvalue weighted by Crippen LogP contribution is -2.07. The topological polar surface area (TPSA) is 108 Å². The number of rotatable bonds is 6. The van der Waals surface area contributed by atoms with Gasteiger partial charge in [0.1, 0.15) is 11.0 Å². The van der Waals surface area contributed by atoms with Gasteiger partial charge in [-0.2, -0.15) is 5.10 Å². The van der Waals surface area contributed by atoms with Crippen molar-refractivity contribution in [1.29, 1.82) is 0 Å². The number of aromatic amines is 2. The number of aromatic nitrogens is 7. The molecule has 38 heavy (non-hydrogen) atoms. The van der Waals surface area contributed by atoms with Gasteiger partial charge in [-0.05, 0) is 56.0 Å². The van der Waals surface area contributed by atoms with Crippen LogP contribution >= 0.6 is 11.3 Å². The standard InChI is InChI=1S/C29H26N8S/c1-16-7-10-25(38-16)21-14-31-15-24-26(21)35-29(34-24)28-27-23(36-37-28)9-8-22(33-27)19-11-20(13-30-12-19)32-17(2)18-5-3-4-6-18/h7-15,18,32H,2-6H2,1H3,(H,34,35)(H,36,37). The first-order valence-corrected chi connectivity index (χ1v) is 13.6. The summed E-state index contributed by atoms with van der Waals surface area (Å²) in [7, 11) is 0. The van der Waals surface area contributed by atoms with Crippen LogP contribution in [0.4, 0.5) is 5.69 Å². The monoisotopic (exact) mass is 518 g/mol. The maximum absolute atomic E-state index is 4.98. The van der Waals surface area contributed by atoms with Crippen LogP contribution in [0.3, 0.4) is 0 Å². The Bertz CT molecular complexity index is 1800. The molecular formula is C29H26N8S. The zero-order valence-electron chi connectivity index (χ0n) is 21.0. The number of imidazole rings is 1. The Morgan fingerprint density at radius 3 is 2.68 bits per heavy atom. The number of anilines is 1.